The van der Waals surface area contributed by atoms with E-state index in [0.29, 0.717) is 17.5 Å². The Morgan fingerprint density at radius 2 is 0.786 bits per heavy atom. The van der Waals surface area contributed by atoms with Gasteiger partial charge in [-0.05, 0) is 141 Å². The number of carbonyl (C=O) groups is 15. The number of aliphatic hydroxyl groups excluding tert-OH is 2. The summed E-state index contributed by atoms with van der Waals surface area (Å²) >= 11 is 0. The second-order valence-electron chi connectivity index (χ2n) is 35.4. The van der Waals surface area contributed by atoms with Crippen LogP contribution in [-0.2, 0) is 80.0 Å². The zero-order valence-electron chi connectivity index (χ0n) is 73.5. The molecule has 0 bridgehead atoms. The summed E-state index contributed by atoms with van der Waals surface area (Å²) < 4.78 is 5.27. The molecule has 2 aromatic carbocycles. The molecule has 18 N–H and O–H groups in total. The zero-order valence-corrected chi connectivity index (χ0v) is 73.5. The van der Waals surface area contributed by atoms with Crippen molar-refractivity contribution in [3.8, 4) is 0 Å². The van der Waals surface area contributed by atoms with E-state index >= 15 is 0 Å². The van der Waals surface area contributed by atoms with Gasteiger partial charge < -0.3 is 100 Å². The van der Waals surface area contributed by atoms with Gasteiger partial charge >= 0.3 is 12.1 Å². The molecule has 34 nitrogen and oxygen atoms in total. The second-order valence-corrected chi connectivity index (χ2v) is 35.4. The number of amides is 16. The molecule has 0 aliphatic rings. The number of nitrogens with zero attached hydrogens (tertiary/aromatic N) is 1. The Bertz CT molecular complexity index is 3690. The van der Waals surface area contributed by atoms with Gasteiger partial charge in [0.15, 0.2) is 0 Å². The van der Waals surface area contributed by atoms with E-state index in [9.17, 15) is 82.1 Å². The van der Waals surface area contributed by atoms with Crippen LogP contribution in [0, 0.1) is 47.3 Å². The molecule has 0 spiro atoms. The third kappa shape index (κ3) is 34.2. The molecular weight excluding hydrogens is 1510 g/mol. The van der Waals surface area contributed by atoms with E-state index in [1.54, 1.807) is 178 Å². The molecule has 0 aromatic heterocycles. The van der Waals surface area contributed by atoms with Gasteiger partial charge in [-0.25, -0.2) is 9.59 Å². The summed E-state index contributed by atoms with van der Waals surface area (Å²) in [4.78, 5) is 210. The molecule has 117 heavy (non-hydrogen) atoms. The average molecular weight is 1650 g/mol. The lowest BCUT2D eigenvalue weighted by atomic mass is 9.94. The van der Waals surface area contributed by atoms with Gasteiger partial charge in [0.2, 0.25) is 76.8 Å². The van der Waals surface area contributed by atoms with Gasteiger partial charge in [0.25, 0.3) is 0 Å². The highest BCUT2D eigenvalue weighted by atomic mass is 16.6. The molecule has 13 atom stereocenters. The van der Waals surface area contributed by atoms with Crippen LogP contribution in [0.25, 0.3) is 0 Å². The zero-order chi connectivity index (χ0) is 89.9. The minimum absolute atomic E-state index is 0.0359. The molecule has 0 saturated heterocycles. The molecular formula is C83H138N16O18. The maximum Gasteiger partial charge on any atom is 0.408 e. The van der Waals surface area contributed by atoms with Crippen molar-refractivity contribution >= 4 is 88.9 Å². The van der Waals surface area contributed by atoms with E-state index < -0.39 is 226 Å². The number of ether oxygens (including phenoxy) is 1. The fourth-order valence-corrected chi connectivity index (χ4v) is 12.1. The summed E-state index contributed by atoms with van der Waals surface area (Å²) in [5, 5.41) is 60.4. The van der Waals surface area contributed by atoms with E-state index in [0.717, 1.165) is 0 Å². The van der Waals surface area contributed by atoms with Gasteiger partial charge in [0.05, 0.1) is 31.3 Å². The number of aliphatic hydroxyl groups is 2. The lowest BCUT2D eigenvalue weighted by Gasteiger charge is -2.35. The first-order valence-electron chi connectivity index (χ1n) is 40.3. The molecule has 0 fully saturated rings. The van der Waals surface area contributed by atoms with Crippen molar-refractivity contribution in [3.05, 3.63) is 71.8 Å². The highest BCUT2D eigenvalue weighted by Gasteiger charge is 2.44. The Hall–Kier alpha value is -9.99. The van der Waals surface area contributed by atoms with Crippen molar-refractivity contribution in [1.82, 2.24) is 79.3 Å². The Kier molecular flexibility index (Phi) is 40.7. The number of alkyl carbamates (subject to hydrolysis) is 1. The molecule has 16 amide bonds. The van der Waals surface area contributed by atoms with Crippen molar-refractivity contribution in [2.75, 3.05) is 13.1 Å². The van der Waals surface area contributed by atoms with Crippen LogP contribution in [0.1, 0.15) is 204 Å². The molecule has 2 aromatic rings. The minimum atomic E-state index is -1.89. The van der Waals surface area contributed by atoms with E-state index in [1.807, 2.05) is 13.8 Å². The van der Waals surface area contributed by atoms with E-state index in [-0.39, 0.29) is 37.8 Å². The first-order chi connectivity index (χ1) is 53.9. The third-order valence-corrected chi connectivity index (χ3v) is 19.5. The number of urea groups is 1. The highest BCUT2D eigenvalue weighted by molar-refractivity contribution is 6.01. The van der Waals surface area contributed by atoms with Gasteiger partial charge in [-0.2, -0.15) is 0 Å². The standard InChI is InChI=1S/C83H138N16O18/c1-27-50(16)64(91-70(107)60(46(8)9)89-71(108)62(48(12)13)93-75(112)81(21,22)96-57(102)40-85-68(105)59(45(6)7)95-79(116)117-80(18,19)20)74(111)98-83(25,26)77(114)94-65(51(17)100)72(109)90-63(49(14)15)73(110)97-82(23,24)76(113)92-61(47(10)11)69(106)86-54(39-52-34-30-28-31-35-52)56(101)42-99(41-53-36-32-29-33-37-53)78(115)87-55(38-43(2)3)67(104)88-58(44(4)5)66(84)103/h28-37,43-51,54-56,58-65,100-101H,27,38-42H2,1-26H3,(H2,84,103)(H,85,105)(H,86,106)(H,87,115)(H,88,104)(H,89,108)(H,90,109)(H,91,107)(H,92,113)(H,93,112)(H,94,114)(H,95,116)(H,96,102)(H,97,110)(H,98,111)/t50-,51+,54-,55-,56+,58-,59+,60+,61-,62+,63+,64+,65+/m0/s1. The predicted octanol–water partition coefficient (Wildman–Crippen LogP) is 2.64. The van der Waals surface area contributed by atoms with Crippen molar-refractivity contribution < 1.29 is 86.9 Å². The Labute approximate surface area is 690 Å². The van der Waals surface area contributed by atoms with Gasteiger partial charge in [0.1, 0.15) is 76.6 Å². The van der Waals surface area contributed by atoms with Crippen molar-refractivity contribution in [3.63, 3.8) is 0 Å². The summed E-state index contributed by atoms with van der Waals surface area (Å²) in [6.45, 7) is 40.2. The Morgan fingerprint density at radius 3 is 1.20 bits per heavy atom. The number of benzene rings is 2. The summed E-state index contributed by atoms with van der Waals surface area (Å²) in [5.74, 6) is -14.6. The predicted molar refractivity (Wildman–Crippen MR) is 442 cm³/mol. The summed E-state index contributed by atoms with van der Waals surface area (Å²) in [6, 6.07) is 4.24. The number of primary amides is 1. The normalized spacial score (nSPS) is 15.3. The van der Waals surface area contributed by atoms with Crippen LogP contribution in [0.5, 0.6) is 0 Å². The van der Waals surface area contributed by atoms with Crippen LogP contribution < -0.4 is 80.2 Å². The number of nitrogens with one attached hydrogen (secondary N) is 14. The molecule has 0 unspecified atom stereocenters. The van der Waals surface area contributed by atoms with Gasteiger partial charge in [-0.3, -0.25) is 62.3 Å². The van der Waals surface area contributed by atoms with Crippen molar-refractivity contribution in [2.45, 2.75) is 301 Å². The smallest absolute Gasteiger partial charge is 0.408 e. The van der Waals surface area contributed by atoms with Crippen LogP contribution in [0.15, 0.2) is 60.7 Å². The first-order valence-corrected chi connectivity index (χ1v) is 40.3. The lowest BCUT2D eigenvalue weighted by Crippen LogP contribution is -2.66. The Morgan fingerprint density at radius 1 is 0.419 bits per heavy atom. The molecule has 0 radical (unpaired) electrons. The number of hydrogen-bond donors (Lipinski definition) is 17. The first kappa shape index (κ1) is 103. The number of rotatable bonds is 45. The maximum absolute atomic E-state index is 14.7. The topological polar surface area (TPSA) is 503 Å². The molecule has 34 heteroatoms. The average Bonchev–Trinajstić information content (AvgIpc) is 0.849. The number of carbonyl (C=O) groups excluding carboxylic acids is 15. The van der Waals surface area contributed by atoms with Gasteiger partial charge in [0, 0.05) is 6.54 Å². The van der Waals surface area contributed by atoms with Crippen molar-refractivity contribution in [1.29, 1.82) is 0 Å². The summed E-state index contributed by atoms with van der Waals surface area (Å²) in [7, 11) is 0. The van der Waals surface area contributed by atoms with E-state index in [4.69, 9.17) is 10.5 Å². The van der Waals surface area contributed by atoms with Crippen LogP contribution >= 0.6 is 0 Å². The van der Waals surface area contributed by atoms with Crippen LogP contribution in [-0.4, -0.2) is 212 Å². The monoisotopic (exact) mass is 1650 g/mol. The quantitative estimate of drug-likeness (QED) is 0.0453. The van der Waals surface area contributed by atoms with E-state index in [1.165, 1.54) is 53.4 Å². The van der Waals surface area contributed by atoms with Crippen LogP contribution in [0.3, 0.4) is 0 Å². The summed E-state index contributed by atoms with van der Waals surface area (Å²) in [6.07, 6.45) is -3.43. The minimum Gasteiger partial charge on any atom is -0.444 e. The Balaban J connectivity index is 2.34. The number of hydrogen-bond acceptors (Lipinski definition) is 18. The number of nitrogens with two attached hydrogens (primary N) is 1. The highest BCUT2D eigenvalue weighted by Crippen LogP contribution is 2.20. The molecule has 0 aliphatic carbocycles. The van der Waals surface area contributed by atoms with E-state index in [2.05, 4.69) is 74.4 Å². The van der Waals surface area contributed by atoms with Gasteiger partial charge in [-0.15, -0.1) is 0 Å². The third-order valence-electron chi connectivity index (χ3n) is 19.5. The van der Waals surface area contributed by atoms with Crippen LogP contribution in [0.4, 0.5) is 9.59 Å². The second kappa shape index (κ2) is 46.2. The largest absolute Gasteiger partial charge is 0.444 e. The molecule has 658 valence electrons. The fraction of sp³-hybridized carbons (Fsp3) is 0.675. The molecule has 0 saturated carbocycles. The lowest BCUT2D eigenvalue weighted by molar-refractivity contribution is -0.140. The van der Waals surface area contributed by atoms with Crippen LogP contribution in [0.2, 0.25) is 0 Å². The SMILES string of the molecule is CC[C@H](C)[C@@H](NC(=O)[C@H](NC(=O)[C@H](NC(=O)C(C)(C)NC(=O)CNC(=O)[C@H](NC(=O)OC(C)(C)C)C(C)C)C(C)C)C(C)C)C(=O)NC(C)(C)C(=O)N[C@@H](C(=O)N[C@@H](C(=O)NC(C)(C)C(=O)N[C@H](C(=O)N[C@@H](Cc1ccccc1)[C@H](O)CN(Cc1ccccc1)C(=O)N[C@@H](CC(C)C)C(=O)N[C@H](C(N)=O)C(C)C)C(C)C)C(C)C)[C@@H](C)O. The van der Waals surface area contributed by atoms with Gasteiger partial charge in [-0.1, -0.05) is 178 Å². The molecule has 0 aliphatic heterocycles. The molecule has 0 heterocycles. The fourth-order valence-electron chi connectivity index (χ4n) is 12.1. The van der Waals surface area contributed by atoms with Crippen molar-refractivity contribution in [2.24, 2.45) is 53.1 Å². The molecule has 2 rings (SSSR count). The maximum atomic E-state index is 14.7. The summed E-state index contributed by atoms with van der Waals surface area (Å²) in [5.41, 5.74) is 0.775.